The summed E-state index contributed by atoms with van der Waals surface area (Å²) in [5.41, 5.74) is -0.247. The Kier molecular flexibility index (Phi) is 3.35. The molecule has 0 radical (unpaired) electrons. The SMILES string of the molecule is CC(F)(F)C(F)(F)c1ccc(CC=O)cc1. The third-order valence-electron chi connectivity index (χ3n) is 2.19. The Morgan fingerprint density at radius 2 is 1.62 bits per heavy atom. The van der Waals surface area contributed by atoms with Crippen LogP contribution in [0.25, 0.3) is 0 Å². The first-order chi connectivity index (χ1) is 7.29. The lowest BCUT2D eigenvalue weighted by Crippen LogP contribution is -2.34. The van der Waals surface area contributed by atoms with Gasteiger partial charge < -0.3 is 4.79 Å². The predicted molar refractivity (Wildman–Crippen MR) is 50.7 cm³/mol. The van der Waals surface area contributed by atoms with Crippen molar-refractivity contribution >= 4 is 6.29 Å². The van der Waals surface area contributed by atoms with Gasteiger partial charge >= 0.3 is 11.8 Å². The van der Waals surface area contributed by atoms with Crippen LogP contribution in [0.15, 0.2) is 24.3 Å². The number of carbonyl (C=O) groups is 1. The molecule has 1 aromatic carbocycles. The summed E-state index contributed by atoms with van der Waals surface area (Å²) >= 11 is 0. The molecule has 5 heteroatoms. The Labute approximate surface area is 90.1 Å². The van der Waals surface area contributed by atoms with Crippen molar-refractivity contribution in [3.05, 3.63) is 35.4 Å². The maximum atomic E-state index is 13.2. The highest BCUT2D eigenvalue weighted by atomic mass is 19.3. The van der Waals surface area contributed by atoms with Gasteiger partial charge in [-0.15, -0.1) is 0 Å². The first-order valence-corrected chi connectivity index (χ1v) is 4.57. The van der Waals surface area contributed by atoms with Crippen molar-refractivity contribution in [3.63, 3.8) is 0 Å². The highest BCUT2D eigenvalue weighted by molar-refractivity contribution is 5.54. The Balaban J connectivity index is 3.01. The molecule has 0 aliphatic heterocycles. The minimum Gasteiger partial charge on any atom is -0.303 e. The van der Waals surface area contributed by atoms with E-state index in [4.69, 9.17) is 0 Å². The monoisotopic (exact) mass is 234 g/mol. The second kappa shape index (κ2) is 4.23. The first kappa shape index (κ1) is 12.7. The van der Waals surface area contributed by atoms with E-state index in [2.05, 4.69) is 0 Å². The highest BCUT2D eigenvalue weighted by Crippen LogP contribution is 2.42. The smallest absolute Gasteiger partial charge is 0.303 e. The van der Waals surface area contributed by atoms with Crippen molar-refractivity contribution < 1.29 is 22.4 Å². The molecule has 1 nitrogen and oxygen atoms in total. The van der Waals surface area contributed by atoms with Crippen LogP contribution in [-0.2, 0) is 17.1 Å². The molecule has 0 aliphatic carbocycles. The van der Waals surface area contributed by atoms with Gasteiger partial charge in [0.1, 0.15) is 6.29 Å². The number of benzene rings is 1. The minimum atomic E-state index is -4.20. The van der Waals surface area contributed by atoms with E-state index in [0.717, 1.165) is 12.1 Å². The van der Waals surface area contributed by atoms with Gasteiger partial charge in [-0.3, -0.25) is 0 Å². The summed E-state index contributed by atoms with van der Waals surface area (Å²) in [4.78, 5) is 10.1. The van der Waals surface area contributed by atoms with Crippen LogP contribution in [0.5, 0.6) is 0 Å². The van der Waals surface area contributed by atoms with Crippen molar-refractivity contribution in [1.82, 2.24) is 0 Å². The molecule has 0 aromatic heterocycles. The molecule has 1 rings (SSSR count). The largest absolute Gasteiger partial charge is 0.335 e. The molecule has 0 N–H and O–H groups in total. The standard InChI is InChI=1S/C11H10F4O/c1-10(12,13)11(14,15)9-4-2-8(3-5-9)6-7-16/h2-5,7H,6H2,1H3. The zero-order chi connectivity index (χ0) is 12.4. The summed E-state index contributed by atoms with van der Waals surface area (Å²) in [7, 11) is 0. The van der Waals surface area contributed by atoms with Gasteiger partial charge in [0.05, 0.1) is 0 Å². The van der Waals surface area contributed by atoms with E-state index >= 15 is 0 Å². The highest BCUT2D eigenvalue weighted by Gasteiger charge is 2.53. The fourth-order valence-electron chi connectivity index (χ4n) is 1.20. The molecule has 88 valence electrons. The van der Waals surface area contributed by atoms with Gasteiger partial charge in [0.2, 0.25) is 0 Å². The fraction of sp³-hybridized carbons (Fsp3) is 0.364. The molecule has 0 amide bonds. The lowest BCUT2D eigenvalue weighted by molar-refractivity contribution is -0.204. The second-order valence-corrected chi connectivity index (χ2v) is 3.53. The third kappa shape index (κ3) is 2.40. The van der Waals surface area contributed by atoms with Crippen LogP contribution in [0.4, 0.5) is 17.6 Å². The van der Waals surface area contributed by atoms with Crippen LogP contribution in [-0.4, -0.2) is 12.2 Å². The molecular weight excluding hydrogens is 224 g/mol. The molecule has 0 fully saturated rings. The molecule has 0 unspecified atom stereocenters. The molecule has 0 bridgehead atoms. The van der Waals surface area contributed by atoms with Crippen LogP contribution < -0.4 is 0 Å². The van der Waals surface area contributed by atoms with E-state index in [1.165, 1.54) is 12.1 Å². The average molecular weight is 234 g/mol. The zero-order valence-electron chi connectivity index (χ0n) is 8.51. The van der Waals surface area contributed by atoms with Gasteiger partial charge in [-0.05, 0) is 5.56 Å². The summed E-state index contributed by atoms with van der Waals surface area (Å²) in [6, 6.07) is 4.30. The summed E-state index contributed by atoms with van der Waals surface area (Å²) in [6.45, 7) is 0.173. The summed E-state index contributed by atoms with van der Waals surface area (Å²) in [5.74, 6) is -8.31. The van der Waals surface area contributed by atoms with Gasteiger partial charge in [-0.1, -0.05) is 24.3 Å². The molecule has 16 heavy (non-hydrogen) atoms. The molecule has 0 spiro atoms. The Morgan fingerprint density at radius 3 is 2.00 bits per heavy atom. The summed E-state index contributed by atoms with van der Waals surface area (Å²) in [6.07, 6.45) is 0.690. The van der Waals surface area contributed by atoms with E-state index in [9.17, 15) is 22.4 Å². The summed E-state index contributed by atoms with van der Waals surface area (Å²) < 4.78 is 51.6. The van der Waals surface area contributed by atoms with Crippen molar-refractivity contribution in [2.75, 3.05) is 0 Å². The fourth-order valence-corrected chi connectivity index (χ4v) is 1.20. The van der Waals surface area contributed by atoms with Crippen LogP contribution in [0.1, 0.15) is 18.1 Å². The quantitative estimate of drug-likeness (QED) is 0.577. The number of hydrogen-bond acceptors (Lipinski definition) is 1. The molecule has 0 heterocycles. The molecular formula is C11H10F4O. The van der Waals surface area contributed by atoms with Crippen LogP contribution in [0.3, 0.4) is 0 Å². The van der Waals surface area contributed by atoms with E-state index in [1.807, 2.05) is 0 Å². The topological polar surface area (TPSA) is 17.1 Å². The van der Waals surface area contributed by atoms with Gasteiger partial charge in [0.25, 0.3) is 0 Å². The van der Waals surface area contributed by atoms with Crippen molar-refractivity contribution in [3.8, 4) is 0 Å². The van der Waals surface area contributed by atoms with Gasteiger partial charge in [0, 0.05) is 18.9 Å². The normalized spacial score (nSPS) is 12.6. The number of carbonyl (C=O) groups excluding carboxylic acids is 1. The first-order valence-electron chi connectivity index (χ1n) is 4.57. The zero-order valence-corrected chi connectivity index (χ0v) is 8.51. The Bertz CT molecular complexity index is 365. The number of rotatable bonds is 4. The van der Waals surface area contributed by atoms with E-state index in [-0.39, 0.29) is 13.3 Å². The number of halogens is 4. The maximum absolute atomic E-state index is 13.2. The Morgan fingerprint density at radius 1 is 1.12 bits per heavy atom. The van der Waals surface area contributed by atoms with Crippen LogP contribution in [0.2, 0.25) is 0 Å². The van der Waals surface area contributed by atoms with Crippen LogP contribution >= 0.6 is 0 Å². The number of aldehydes is 1. The molecule has 0 saturated carbocycles. The lowest BCUT2D eigenvalue weighted by Gasteiger charge is -2.23. The third-order valence-corrected chi connectivity index (χ3v) is 2.19. The second-order valence-electron chi connectivity index (χ2n) is 3.53. The molecule has 0 atom stereocenters. The molecule has 0 saturated heterocycles. The van der Waals surface area contributed by atoms with Crippen LogP contribution in [0, 0.1) is 0 Å². The van der Waals surface area contributed by atoms with E-state index < -0.39 is 17.4 Å². The average Bonchev–Trinajstić information content (AvgIpc) is 2.17. The maximum Gasteiger partial charge on any atom is 0.335 e. The molecule has 0 aliphatic rings. The molecule has 1 aromatic rings. The lowest BCUT2D eigenvalue weighted by atomic mass is 10.0. The minimum absolute atomic E-state index is 0.0777. The predicted octanol–water partition coefficient (Wildman–Crippen LogP) is 3.18. The van der Waals surface area contributed by atoms with Gasteiger partial charge in [-0.25, -0.2) is 0 Å². The van der Waals surface area contributed by atoms with Gasteiger partial charge in [-0.2, -0.15) is 17.6 Å². The summed E-state index contributed by atoms with van der Waals surface area (Å²) in [5, 5.41) is 0. The van der Waals surface area contributed by atoms with Gasteiger partial charge in [0.15, 0.2) is 0 Å². The van der Waals surface area contributed by atoms with E-state index in [1.54, 1.807) is 0 Å². The number of alkyl halides is 4. The van der Waals surface area contributed by atoms with Crippen molar-refractivity contribution in [1.29, 1.82) is 0 Å². The Hall–Kier alpha value is -1.39. The van der Waals surface area contributed by atoms with E-state index in [0.29, 0.717) is 11.8 Å². The van der Waals surface area contributed by atoms with Crippen molar-refractivity contribution in [2.24, 2.45) is 0 Å². The van der Waals surface area contributed by atoms with Crippen molar-refractivity contribution in [2.45, 2.75) is 25.2 Å². The number of hydrogen-bond donors (Lipinski definition) is 0.